The van der Waals surface area contributed by atoms with E-state index in [1.54, 1.807) is 7.11 Å². The van der Waals surface area contributed by atoms with Gasteiger partial charge in [-0.05, 0) is 19.8 Å². The summed E-state index contributed by atoms with van der Waals surface area (Å²) in [6, 6.07) is -0.267. The maximum atomic E-state index is 11.7. The molecule has 2 amide bonds. The number of carbonyl (C=O) groups is 1. The monoisotopic (exact) mass is 293 g/mol. The highest BCUT2D eigenvalue weighted by Gasteiger charge is 2.25. The molecule has 2 N–H and O–H groups in total. The van der Waals surface area contributed by atoms with Gasteiger partial charge in [0.15, 0.2) is 0 Å². The van der Waals surface area contributed by atoms with Crippen LogP contribution in [-0.4, -0.2) is 63.9 Å². The molecular weight excluding hydrogens is 270 g/mol. The Morgan fingerprint density at radius 2 is 2.00 bits per heavy atom. The Bertz CT molecular complexity index is 391. The van der Waals surface area contributed by atoms with Crippen molar-refractivity contribution in [2.24, 2.45) is 0 Å². The van der Waals surface area contributed by atoms with Gasteiger partial charge in [-0.25, -0.2) is 17.5 Å². The van der Waals surface area contributed by atoms with Crippen LogP contribution in [0.15, 0.2) is 0 Å². The molecule has 0 radical (unpaired) electrons. The number of ether oxygens (including phenoxy) is 1. The van der Waals surface area contributed by atoms with E-state index in [0.717, 1.165) is 0 Å². The number of nitrogens with zero attached hydrogens (tertiary/aromatic N) is 1. The number of rotatable bonds is 5. The molecule has 112 valence electrons. The first-order valence-corrected chi connectivity index (χ1v) is 8.19. The van der Waals surface area contributed by atoms with Crippen LogP contribution in [0.5, 0.6) is 0 Å². The molecule has 0 spiro atoms. The lowest BCUT2D eigenvalue weighted by Crippen LogP contribution is -2.50. The van der Waals surface area contributed by atoms with E-state index in [1.807, 2.05) is 6.92 Å². The first-order valence-electron chi connectivity index (χ1n) is 6.34. The highest BCUT2D eigenvalue weighted by Crippen LogP contribution is 2.12. The van der Waals surface area contributed by atoms with E-state index in [2.05, 4.69) is 10.6 Å². The fourth-order valence-corrected chi connectivity index (χ4v) is 2.95. The summed E-state index contributed by atoms with van der Waals surface area (Å²) in [6.45, 7) is 3.23. The molecule has 1 heterocycles. The quantitative estimate of drug-likeness (QED) is 0.731. The minimum Gasteiger partial charge on any atom is -0.383 e. The molecule has 0 aliphatic carbocycles. The summed E-state index contributed by atoms with van der Waals surface area (Å²) in [5, 5.41) is 5.62. The molecule has 7 nitrogen and oxygen atoms in total. The van der Waals surface area contributed by atoms with Gasteiger partial charge in [0.2, 0.25) is 10.0 Å². The van der Waals surface area contributed by atoms with Crippen LogP contribution in [0.3, 0.4) is 0 Å². The number of amides is 2. The lowest BCUT2D eigenvalue weighted by molar-refractivity contribution is 0.169. The number of hydrogen-bond acceptors (Lipinski definition) is 4. The molecule has 1 saturated heterocycles. The second kappa shape index (κ2) is 7.06. The molecule has 1 aliphatic rings. The van der Waals surface area contributed by atoms with Crippen LogP contribution in [0.2, 0.25) is 0 Å². The Morgan fingerprint density at radius 3 is 2.47 bits per heavy atom. The fraction of sp³-hybridized carbons (Fsp3) is 0.909. The Morgan fingerprint density at radius 1 is 1.42 bits per heavy atom. The van der Waals surface area contributed by atoms with Gasteiger partial charge < -0.3 is 15.4 Å². The average Bonchev–Trinajstić information content (AvgIpc) is 2.28. The van der Waals surface area contributed by atoms with Crippen LogP contribution in [0.4, 0.5) is 4.79 Å². The number of urea groups is 1. The topological polar surface area (TPSA) is 87.7 Å². The maximum Gasteiger partial charge on any atom is 0.315 e. The van der Waals surface area contributed by atoms with Crippen LogP contribution >= 0.6 is 0 Å². The molecule has 8 heteroatoms. The summed E-state index contributed by atoms with van der Waals surface area (Å²) in [5.41, 5.74) is 0. The highest BCUT2D eigenvalue weighted by molar-refractivity contribution is 7.88. The minimum absolute atomic E-state index is 0.0211. The summed E-state index contributed by atoms with van der Waals surface area (Å²) in [5.74, 6) is 0. The predicted molar refractivity (Wildman–Crippen MR) is 72.4 cm³/mol. The van der Waals surface area contributed by atoms with Gasteiger partial charge in [0.05, 0.1) is 18.9 Å². The van der Waals surface area contributed by atoms with Crippen molar-refractivity contribution >= 4 is 16.1 Å². The molecule has 0 aromatic heterocycles. The van der Waals surface area contributed by atoms with E-state index < -0.39 is 10.0 Å². The zero-order chi connectivity index (χ0) is 14.5. The van der Waals surface area contributed by atoms with Crippen LogP contribution in [0, 0.1) is 0 Å². The Hall–Kier alpha value is -0.860. The molecule has 0 unspecified atom stereocenters. The highest BCUT2D eigenvalue weighted by atomic mass is 32.2. The molecule has 0 saturated carbocycles. The van der Waals surface area contributed by atoms with E-state index in [-0.39, 0.29) is 18.1 Å². The molecule has 0 aromatic carbocycles. The third-order valence-corrected chi connectivity index (χ3v) is 4.36. The normalized spacial score (nSPS) is 19.9. The van der Waals surface area contributed by atoms with Gasteiger partial charge in [-0.1, -0.05) is 0 Å². The summed E-state index contributed by atoms with van der Waals surface area (Å²) in [6.07, 6.45) is 2.48. The van der Waals surface area contributed by atoms with Gasteiger partial charge in [0, 0.05) is 26.2 Å². The maximum absolute atomic E-state index is 11.7. The molecular formula is C11H23N3O4S. The number of sulfonamides is 1. The van der Waals surface area contributed by atoms with Gasteiger partial charge in [0.1, 0.15) is 0 Å². The van der Waals surface area contributed by atoms with Crippen LogP contribution in [-0.2, 0) is 14.8 Å². The van der Waals surface area contributed by atoms with Crippen molar-refractivity contribution in [1.29, 1.82) is 0 Å². The fourth-order valence-electron chi connectivity index (χ4n) is 2.07. The lowest BCUT2D eigenvalue weighted by atomic mass is 10.1. The average molecular weight is 293 g/mol. The molecule has 0 bridgehead atoms. The van der Waals surface area contributed by atoms with Crippen molar-refractivity contribution in [1.82, 2.24) is 14.9 Å². The second-order valence-electron chi connectivity index (χ2n) is 4.91. The van der Waals surface area contributed by atoms with Crippen LogP contribution in [0.1, 0.15) is 19.8 Å². The first-order chi connectivity index (χ1) is 8.82. The summed E-state index contributed by atoms with van der Waals surface area (Å²) in [7, 11) is -1.54. The van der Waals surface area contributed by atoms with E-state index in [9.17, 15) is 13.2 Å². The second-order valence-corrected chi connectivity index (χ2v) is 6.89. The Balaban J connectivity index is 2.31. The molecule has 1 aliphatic heterocycles. The van der Waals surface area contributed by atoms with Crippen molar-refractivity contribution in [2.75, 3.05) is 33.1 Å². The molecule has 1 rings (SSSR count). The van der Waals surface area contributed by atoms with Crippen molar-refractivity contribution in [3.05, 3.63) is 0 Å². The zero-order valence-electron chi connectivity index (χ0n) is 11.7. The van der Waals surface area contributed by atoms with Gasteiger partial charge in [-0.3, -0.25) is 0 Å². The standard InChI is InChI=1S/C11H23N3O4S/c1-9(8-18-2)12-11(15)13-10-4-6-14(7-5-10)19(3,16)17/h9-10H,4-8H2,1-3H3,(H2,12,13,15)/t9-/m1/s1. The van der Waals surface area contributed by atoms with Gasteiger partial charge in [-0.15, -0.1) is 0 Å². The number of nitrogens with one attached hydrogen (secondary N) is 2. The number of piperidine rings is 1. The summed E-state index contributed by atoms with van der Waals surface area (Å²) < 4.78 is 29.1. The van der Waals surface area contributed by atoms with Crippen molar-refractivity contribution in [3.8, 4) is 0 Å². The van der Waals surface area contributed by atoms with E-state index in [0.29, 0.717) is 32.5 Å². The molecule has 0 aromatic rings. The van der Waals surface area contributed by atoms with Crippen LogP contribution in [0.25, 0.3) is 0 Å². The van der Waals surface area contributed by atoms with E-state index in [4.69, 9.17) is 4.74 Å². The van der Waals surface area contributed by atoms with Gasteiger partial charge in [-0.2, -0.15) is 0 Å². The van der Waals surface area contributed by atoms with Crippen molar-refractivity contribution < 1.29 is 17.9 Å². The molecule has 1 atom stereocenters. The number of methoxy groups -OCH3 is 1. The van der Waals surface area contributed by atoms with E-state index in [1.165, 1.54) is 10.6 Å². The lowest BCUT2D eigenvalue weighted by Gasteiger charge is -2.30. The van der Waals surface area contributed by atoms with Crippen LogP contribution < -0.4 is 10.6 Å². The Kier molecular flexibility index (Phi) is 6.02. The van der Waals surface area contributed by atoms with Crippen molar-refractivity contribution in [3.63, 3.8) is 0 Å². The summed E-state index contributed by atoms with van der Waals surface area (Å²) >= 11 is 0. The van der Waals surface area contributed by atoms with Gasteiger partial charge in [0.25, 0.3) is 0 Å². The van der Waals surface area contributed by atoms with Gasteiger partial charge >= 0.3 is 6.03 Å². The molecule has 1 fully saturated rings. The zero-order valence-corrected chi connectivity index (χ0v) is 12.5. The number of carbonyl (C=O) groups excluding carboxylic acids is 1. The third-order valence-electron chi connectivity index (χ3n) is 3.05. The smallest absolute Gasteiger partial charge is 0.315 e. The summed E-state index contributed by atoms with van der Waals surface area (Å²) in [4.78, 5) is 11.7. The first kappa shape index (κ1) is 16.2. The predicted octanol–water partition coefficient (Wildman–Crippen LogP) is -0.255. The van der Waals surface area contributed by atoms with Crippen molar-refractivity contribution in [2.45, 2.75) is 31.8 Å². The largest absolute Gasteiger partial charge is 0.383 e. The molecule has 19 heavy (non-hydrogen) atoms. The minimum atomic E-state index is -3.12. The SMILES string of the molecule is COC[C@@H](C)NC(=O)NC1CCN(S(C)(=O)=O)CC1. The Labute approximate surface area is 114 Å². The van der Waals surface area contributed by atoms with E-state index >= 15 is 0 Å². The third kappa shape index (κ3) is 5.75. The number of hydrogen-bond donors (Lipinski definition) is 2.